The number of benzene rings is 1. The zero-order valence-corrected chi connectivity index (χ0v) is 14.1. The molecule has 0 aliphatic rings. The Morgan fingerprint density at radius 3 is 2.82 bits per heavy atom. The van der Waals surface area contributed by atoms with E-state index >= 15 is 0 Å². The maximum Gasteiger partial charge on any atom is 0.275 e. The van der Waals surface area contributed by atoms with E-state index in [0.29, 0.717) is 17.1 Å². The molecule has 6 heteroatoms. The zero-order chi connectivity index (χ0) is 16.1. The molecule has 0 bridgehead atoms. The van der Waals surface area contributed by atoms with Gasteiger partial charge in [0.15, 0.2) is 6.54 Å². The average molecular weight is 342 g/mol. The molecule has 2 aromatic rings. The predicted molar refractivity (Wildman–Crippen MR) is 87.7 cm³/mol. The van der Waals surface area contributed by atoms with Gasteiger partial charge in [-0.05, 0) is 30.5 Å². The molecule has 0 aliphatic heterocycles. The van der Waals surface area contributed by atoms with Crippen LogP contribution in [-0.2, 0) is 11.3 Å². The second kappa shape index (κ2) is 7.72. The summed E-state index contributed by atoms with van der Waals surface area (Å²) in [5, 5.41) is 5.33. The lowest BCUT2D eigenvalue weighted by molar-refractivity contribution is -0.885. The van der Waals surface area contributed by atoms with Gasteiger partial charge in [0.25, 0.3) is 5.91 Å². The van der Waals surface area contributed by atoms with Crippen molar-refractivity contribution in [2.24, 2.45) is 0 Å². The molecular formula is C16H19ClFN2OS+. The summed E-state index contributed by atoms with van der Waals surface area (Å²) >= 11 is 7.62. The molecule has 0 saturated carbocycles. The topological polar surface area (TPSA) is 33.5 Å². The fourth-order valence-electron chi connectivity index (χ4n) is 2.24. The van der Waals surface area contributed by atoms with Gasteiger partial charge in [0.2, 0.25) is 0 Å². The van der Waals surface area contributed by atoms with Crippen molar-refractivity contribution >= 4 is 28.8 Å². The lowest BCUT2D eigenvalue weighted by atomic mass is 10.2. The van der Waals surface area contributed by atoms with Gasteiger partial charge >= 0.3 is 0 Å². The van der Waals surface area contributed by atoms with E-state index in [1.54, 1.807) is 23.5 Å². The van der Waals surface area contributed by atoms with Gasteiger partial charge in [0, 0.05) is 4.88 Å². The van der Waals surface area contributed by atoms with Crippen LogP contribution in [0.3, 0.4) is 0 Å². The molecule has 2 atom stereocenters. The molecule has 3 nitrogen and oxygen atoms in total. The fraction of sp³-hybridized carbons (Fsp3) is 0.312. The van der Waals surface area contributed by atoms with Crippen LogP contribution in [0.5, 0.6) is 0 Å². The van der Waals surface area contributed by atoms with Crippen LogP contribution in [0.2, 0.25) is 5.02 Å². The Kier molecular flexibility index (Phi) is 5.94. The Hall–Kier alpha value is -1.43. The second-order valence-electron chi connectivity index (χ2n) is 5.32. The molecular weight excluding hydrogens is 323 g/mol. The zero-order valence-electron chi connectivity index (χ0n) is 12.5. The minimum atomic E-state index is -0.334. The van der Waals surface area contributed by atoms with Crippen LogP contribution in [0.4, 0.5) is 4.39 Å². The standard InChI is InChI=1S/C16H18ClFN2OS/c1-11(15-7-4-8-22-15)19-16(21)10-20(2)9-12-13(17)5-3-6-14(12)18/h3-8,11H,9-10H2,1-2H3,(H,19,21)/p+1/t11-/m1/s1. The van der Waals surface area contributed by atoms with E-state index in [2.05, 4.69) is 5.32 Å². The Morgan fingerprint density at radius 2 is 2.18 bits per heavy atom. The highest BCUT2D eigenvalue weighted by Gasteiger charge is 2.17. The van der Waals surface area contributed by atoms with Crippen molar-refractivity contribution in [1.29, 1.82) is 0 Å². The molecule has 0 spiro atoms. The van der Waals surface area contributed by atoms with E-state index in [9.17, 15) is 9.18 Å². The van der Waals surface area contributed by atoms with E-state index < -0.39 is 0 Å². The highest BCUT2D eigenvalue weighted by Crippen LogP contribution is 2.18. The number of rotatable bonds is 6. The summed E-state index contributed by atoms with van der Waals surface area (Å²) in [4.78, 5) is 14.1. The third kappa shape index (κ3) is 4.53. The van der Waals surface area contributed by atoms with Gasteiger partial charge in [-0.3, -0.25) is 4.79 Å². The van der Waals surface area contributed by atoms with E-state index in [1.165, 1.54) is 6.07 Å². The molecule has 0 aliphatic carbocycles. The first-order valence-electron chi connectivity index (χ1n) is 7.04. The van der Waals surface area contributed by atoms with Crippen molar-refractivity contribution < 1.29 is 14.1 Å². The number of thiophene rings is 1. The van der Waals surface area contributed by atoms with Gasteiger partial charge in [-0.2, -0.15) is 0 Å². The molecule has 0 saturated heterocycles. The summed E-state index contributed by atoms with van der Waals surface area (Å²) in [5.41, 5.74) is 0.445. The molecule has 22 heavy (non-hydrogen) atoms. The van der Waals surface area contributed by atoms with Crippen molar-refractivity contribution in [3.63, 3.8) is 0 Å². The van der Waals surface area contributed by atoms with E-state index in [1.807, 2.05) is 31.5 Å². The van der Waals surface area contributed by atoms with E-state index in [-0.39, 0.29) is 24.3 Å². The Bertz CT molecular complexity index is 613. The minimum Gasteiger partial charge on any atom is -0.344 e. The molecule has 0 radical (unpaired) electrons. The van der Waals surface area contributed by atoms with Crippen molar-refractivity contribution in [3.05, 3.63) is 57.0 Å². The first-order chi connectivity index (χ1) is 10.5. The Morgan fingerprint density at radius 1 is 1.41 bits per heavy atom. The number of nitrogens with one attached hydrogen (secondary N) is 2. The van der Waals surface area contributed by atoms with Gasteiger partial charge in [0.1, 0.15) is 12.4 Å². The number of likely N-dealkylation sites (N-methyl/N-ethyl adjacent to an activating group) is 1. The van der Waals surface area contributed by atoms with Gasteiger partial charge in [0.05, 0.1) is 23.7 Å². The van der Waals surface area contributed by atoms with Crippen LogP contribution in [0.25, 0.3) is 0 Å². The molecule has 1 heterocycles. The third-order valence-corrected chi connectivity index (χ3v) is 4.76. The van der Waals surface area contributed by atoms with E-state index in [4.69, 9.17) is 11.6 Å². The SMILES string of the molecule is C[C@@H](NC(=O)C[NH+](C)Cc1c(F)cccc1Cl)c1cccs1. The number of hydrogen-bond donors (Lipinski definition) is 2. The molecule has 0 fully saturated rings. The highest BCUT2D eigenvalue weighted by molar-refractivity contribution is 7.10. The quantitative estimate of drug-likeness (QED) is 0.831. The van der Waals surface area contributed by atoms with Crippen LogP contribution in [-0.4, -0.2) is 19.5 Å². The predicted octanol–water partition coefficient (Wildman–Crippen LogP) is 2.43. The van der Waals surface area contributed by atoms with Crippen LogP contribution in [0.1, 0.15) is 23.4 Å². The molecule has 2 rings (SSSR count). The number of carbonyl (C=O) groups is 1. The molecule has 1 aromatic carbocycles. The maximum absolute atomic E-state index is 13.7. The van der Waals surface area contributed by atoms with Crippen molar-refractivity contribution in [2.45, 2.75) is 19.5 Å². The van der Waals surface area contributed by atoms with Crippen LogP contribution in [0, 0.1) is 5.82 Å². The monoisotopic (exact) mass is 341 g/mol. The van der Waals surface area contributed by atoms with Crippen LogP contribution in [0.15, 0.2) is 35.7 Å². The molecule has 1 unspecified atom stereocenters. The van der Waals surface area contributed by atoms with Crippen LogP contribution >= 0.6 is 22.9 Å². The number of hydrogen-bond acceptors (Lipinski definition) is 2. The Labute approximate surface area is 138 Å². The first kappa shape index (κ1) is 16.9. The average Bonchev–Trinajstić information content (AvgIpc) is 2.97. The largest absolute Gasteiger partial charge is 0.344 e. The summed E-state index contributed by atoms with van der Waals surface area (Å²) in [6.07, 6.45) is 0. The van der Waals surface area contributed by atoms with Crippen LogP contribution < -0.4 is 10.2 Å². The lowest BCUT2D eigenvalue weighted by Crippen LogP contribution is -3.09. The molecule has 118 valence electrons. The van der Waals surface area contributed by atoms with Gasteiger partial charge < -0.3 is 10.2 Å². The number of halogens is 2. The molecule has 1 aromatic heterocycles. The second-order valence-corrected chi connectivity index (χ2v) is 6.70. The van der Waals surface area contributed by atoms with Crippen molar-refractivity contribution in [3.8, 4) is 0 Å². The summed E-state index contributed by atoms with van der Waals surface area (Å²) < 4.78 is 13.7. The third-order valence-electron chi connectivity index (χ3n) is 3.35. The Balaban J connectivity index is 1.89. The normalized spacial score (nSPS) is 13.6. The summed E-state index contributed by atoms with van der Waals surface area (Å²) in [6.45, 7) is 2.58. The lowest BCUT2D eigenvalue weighted by Gasteiger charge is -2.17. The minimum absolute atomic E-state index is 0.0163. The van der Waals surface area contributed by atoms with Crippen molar-refractivity contribution in [2.75, 3.05) is 13.6 Å². The molecule has 1 amide bonds. The number of carbonyl (C=O) groups excluding carboxylic acids is 1. The first-order valence-corrected chi connectivity index (χ1v) is 8.30. The van der Waals surface area contributed by atoms with Crippen molar-refractivity contribution in [1.82, 2.24) is 5.32 Å². The van der Waals surface area contributed by atoms with Gasteiger partial charge in [-0.15, -0.1) is 11.3 Å². The summed E-state index contributed by atoms with van der Waals surface area (Å²) in [7, 11) is 1.85. The molecule has 2 N–H and O–H groups in total. The number of amides is 1. The smallest absolute Gasteiger partial charge is 0.275 e. The van der Waals surface area contributed by atoms with Gasteiger partial charge in [-0.1, -0.05) is 23.7 Å². The summed E-state index contributed by atoms with van der Waals surface area (Å²) in [5.74, 6) is -0.398. The van der Waals surface area contributed by atoms with E-state index in [0.717, 1.165) is 9.78 Å². The fourth-order valence-corrected chi connectivity index (χ4v) is 3.21. The summed E-state index contributed by atoms with van der Waals surface area (Å²) in [6, 6.07) is 8.55. The maximum atomic E-state index is 13.7. The number of quaternary nitrogens is 1. The van der Waals surface area contributed by atoms with Gasteiger partial charge in [-0.25, -0.2) is 4.39 Å². The highest BCUT2D eigenvalue weighted by atomic mass is 35.5.